The molecule has 0 saturated carbocycles. The van der Waals surface area contributed by atoms with Crippen LogP contribution in [0.25, 0.3) is 0 Å². The number of morpholine rings is 1. The molecule has 2 atom stereocenters. The molecule has 0 bridgehead atoms. The van der Waals surface area contributed by atoms with E-state index in [-0.39, 0.29) is 23.0 Å². The molecule has 9 heteroatoms. The first-order valence-electron chi connectivity index (χ1n) is 8.53. The number of pyridine rings is 1. The summed E-state index contributed by atoms with van der Waals surface area (Å²) in [7, 11) is -3.78. The number of primary sulfonamides is 1. The summed E-state index contributed by atoms with van der Waals surface area (Å²) in [5, 5.41) is 7.79. The minimum atomic E-state index is -3.78. The highest BCUT2D eigenvalue weighted by molar-refractivity contribution is 7.89. The molecule has 1 saturated heterocycles. The van der Waals surface area contributed by atoms with Crippen LogP contribution in [0.4, 0.5) is 11.5 Å². The van der Waals surface area contributed by atoms with Crippen LogP contribution in [0.5, 0.6) is 0 Å². The molecule has 3 rings (SSSR count). The number of nitrogens with zero attached hydrogens (tertiary/aromatic N) is 2. The van der Waals surface area contributed by atoms with Crippen LogP contribution in [0.3, 0.4) is 0 Å². The SMILES string of the molecule is CC1CN(c2ccc(NC(=O)c3ccc(S(N)(=O)=O)cc3)cn2)CC(C)O1. The topological polar surface area (TPSA) is 115 Å². The second-order valence-corrected chi connectivity index (χ2v) is 8.15. The Labute approximate surface area is 158 Å². The molecule has 1 fully saturated rings. The van der Waals surface area contributed by atoms with Crippen molar-refractivity contribution in [2.24, 2.45) is 5.14 Å². The average Bonchev–Trinajstić information content (AvgIpc) is 2.61. The summed E-state index contributed by atoms with van der Waals surface area (Å²) in [6.45, 7) is 5.58. The zero-order valence-electron chi connectivity index (χ0n) is 15.1. The lowest BCUT2D eigenvalue weighted by Gasteiger charge is -2.36. The van der Waals surface area contributed by atoms with E-state index in [0.29, 0.717) is 11.3 Å². The minimum absolute atomic E-state index is 0.0426. The summed E-state index contributed by atoms with van der Waals surface area (Å²) in [5.74, 6) is 0.464. The van der Waals surface area contributed by atoms with Crippen molar-refractivity contribution in [3.8, 4) is 0 Å². The van der Waals surface area contributed by atoms with Crippen LogP contribution in [0.15, 0.2) is 47.5 Å². The monoisotopic (exact) mass is 390 g/mol. The molecule has 1 amide bonds. The molecule has 2 aromatic rings. The van der Waals surface area contributed by atoms with Gasteiger partial charge in [-0.3, -0.25) is 4.79 Å². The van der Waals surface area contributed by atoms with Gasteiger partial charge in [0.15, 0.2) is 0 Å². The van der Waals surface area contributed by atoms with Gasteiger partial charge < -0.3 is 15.0 Å². The summed E-state index contributed by atoms with van der Waals surface area (Å²) >= 11 is 0. The van der Waals surface area contributed by atoms with Crippen molar-refractivity contribution in [2.45, 2.75) is 31.0 Å². The van der Waals surface area contributed by atoms with Gasteiger partial charge in [-0.1, -0.05) is 0 Å². The molecule has 3 N–H and O–H groups in total. The summed E-state index contributed by atoms with van der Waals surface area (Å²) in [6, 6.07) is 9.05. The van der Waals surface area contributed by atoms with Crippen LogP contribution in [0.1, 0.15) is 24.2 Å². The third-order valence-electron chi connectivity index (χ3n) is 4.19. The lowest BCUT2D eigenvalue weighted by molar-refractivity contribution is -0.00545. The second-order valence-electron chi connectivity index (χ2n) is 6.59. The molecule has 1 aromatic heterocycles. The van der Waals surface area contributed by atoms with Crippen LogP contribution in [0.2, 0.25) is 0 Å². The quantitative estimate of drug-likeness (QED) is 0.819. The standard InChI is InChI=1S/C18H22N4O4S/c1-12-10-22(11-13(2)26-12)17-8-5-15(9-20-17)21-18(23)14-3-6-16(7-4-14)27(19,24)25/h3-9,12-13H,10-11H2,1-2H3,(H,21,23)(H2,19,24,25). The van der Waals surface area contributed by atoms with Crippen molar-refractivity contribution < 1.29 is 17.9 Å². The van der Waals surface area contributed by atoms with Crippen LogP contribution in [0, 0.1) is 0 Å². The minimum Gasteiger partial charge on any atom is -0.372 e. The highest BCUT2D eigenvalue weighted by Gasteiger charge is 2.23. The summed E-state index contributed by atoms with van der Waals surface area (Å²) in [4.78, 5) is 18.8. The number of nitrogens with one attached hydrogen (secondary N) is 1. The Kier molecular flexibility index (Phi) is 5.45. The fourth-order valence-corrected chi connectivity index (χ4v) is 3.53. The van der Waals surface area contributed by atoms with Crippen molar-refractivity contribution in [1.29, 1.82) is 0 Å². The van der Waals surface area contributed by atoms with Gasteiger partial charge in [-0.25, -0.2) is 18.5 Å². The number of rotatable bonds is 4. The van der Waals surface area contributed by atoms with Crippen molar-refractivity contribution >= 4 is 27.4 Å². The Morgan fingerprint density at radius 3 is 2.30 bits per heavy atom. The highest BCUT2D eigenvalue weighted by Crippen LogP contribution is 2.20. The number of nitrogens with two attached hydrogens (primary N) is 1. The zero-order valence-corrected chi connectivity index (χ0v) is 15.9. The molecule has 1 aliphatic rings. The number of carbonyl (C=O) groups is 1. The molecule has 1 aliphatic heterocycles. The number of aromatic nitrogens is 1. The maximum atomic E-state index is 12.3. The number of anilines is 2. The number of ether oxygens (including phenoxy) is 1. The number of hydrogen-bond acceptors (Lipinski definition) is 6. The van der Waals surface area contributed by atoms with Gasteiger partial charge in [0.1, 0.15) is 5.82 Å². The third kappa shape index (κ3) is 4.82. The van der Waals surface area contributed by atoms with E-state index in [2.05, 4.69) is 15.2 Å². The molecule has 0 spiro atoms. The van der Waals surface area contributed by atoms with E-state index in [0.717, 1.165) is 18.9 Å². The van der Waals surface area contributed by atoms with E-state index in [1.54, 1.807) is 12.3 Å². The first kappa shape index (κ1) is 19.3. The molecule has 27 heavy (non-hydrogen) atoms. The number of hydrogen-bond donors (Lipinski definition) is 2. The number of carbonyl (C=O) groups excluding carboxylic acids is 1. The maximum absolute atomic E-state index is 12.3. The van der Waals surface area contributed by atoms with E-state index in [9.17, 15) is 13.2 Å². The van der Waals surface area contributed by atoms with Crippen LogP contribution >= 0.6 is 0 Å². The molecule has 0 aliphatic carbocycles. The van der Waals surface area contributed by atoms with Crippen molar-refractivity contribution in [1.82, 2.24) is 4.98 Å². The van der Waals surface area contributed by atoms with Gasteiger partial charge in [0.05, 0.1) is 29.0 Å². The van der Waals surface area contributed by atoms with E-state index < -0.39 is 10.0 Å². The lowest BCUT2D eigenvalue weighted by Crippen LogP contribution is -2.45. The van der Waals surface area contributed by atoms with Gasteiger partial charge in [-0.15, -0.1) is 0 Å². The first-order valence-corrected chi connectivity index (χ1v) is 10.1. The third-order valence-corrected chi connectivity index (χ3v) is 5.12. The summed E-state index contributed by atoms with van der Waals surface area (Å²) in [5.41, 5.74) is 0.871. The van der Waals surface area contributed by atoms with Gasteiger partial charge in [0.25, 0.3) is 5.91 Å². The Balaban J connectivity index is 1.66. The van der Waals surface area contributed by atoms with Gasteiger partial charge in [-0.05, 0) is 50.2 Å². The summed E-state index contributed by atoms with van der Waals surface area (Å²) in [6.07, 6.45) is 1.86. The molecule has 2 heterocycles. The first-order chi connectivity index (χ1) is 12.7. The van der Waals surface area contributed by atoms with Crippen molar-refractivity contribution in [3.63, 3.8) is 0 Å². The van der Waals surface area contributed by atoms with Gasteiger partial charge in [-0.2, -0.15) is 0 Å². The Bertz CT molecular complexity index is 903. The Morgan fingerprint density at radius 1 is 1.15 bits per heavy atom. The van der Waals surface area contributed by atoms with Gasteiger partial charge >= 0.3 is 0 Å². The van der Waals surface area contributed by atoms with Gasteiger partial charge in [0, 0.05) is 18.7 Å². The molecule has 144 valence electrons. The Hall–Kier alpha value is -2.49. The molecular weight excluding hydrogens is 368 g/mol. The number of sulfonamides is 1. The second kappa shape index (κ2) is 7.63. The molecule has 0 radical (unpaired) electrons. The van der Waals surface area contributed by atoms with Crippen molar-refractivity contribution in [3.05, 3.63) is 48.2 Å². The maximum Gasteiger partial charge on any atom is 0.255 e. The van der Waals surface area contributed by atoms with Crippen LogP contribution < -0.4 is 15.4 Å². The van der Waals surface area contributed by atoms with E-state index in [1.807, 2.05) is 19.9 Å². The predicted octanol–water partition coefficient (Wildman–Crippen LogP) is 1.59. The highest BCUT2D eigenvalue weighted by atomic mass is 32.2. The lowest BCUT2D eigenvalue weighted by atomic mass is 10.2. The Morgan fingerprint density at radius 2 is 1.78 bits per heavy atom. The average molecular weight is 390 g/mol. The largest absolute Gasteiger partial charge is 0.372 e. The summed E-state index contributed by atoms with van der Waals surface area (Å²) < 4.78 is 28.3. The molecule has 1 aromatic carbocycles. The smallest absolute Gasteiger partial charge is 0.255 e. The van der Waals surface area contributed by atoms with E-state index in [4.69, 9.17) is 9.88 Å². The van der Waals surface area contributed by atoms with Crippen LogP contribution in [-0.2, 0) is 14.8 Å². The number of amides is 1. The molecule has 8 nitrogen and oxygen atoms in total. The van der Waals surface area contributed by atoms with Crippen molar-refractivity contribution in [2.75, 3.05) is 23.3 Å². The van der Waals surface area contributed by atoms with Crippen LogP contribution in [-0.4, -0.2) is 44.6 Å². The molecular formula is C18H22N4O4S. The van der Waals surface area contributed by atoms with Gasteiger partial charge in [0.2, 0.25) is 10.0 Å². The zero-order chi connectivity index (χ0) is 19.6. The van der Waals surface area contributed by atoms with E-state index in [1.165, 1.54) is 24.3 Å². The fraction of sp³-hybridized carbons (Fsp3) is 0.333. The normalized spacial score (nSPS) is 20.3. The van der Waals surface area contributed by atoms with E-state index >= 15 is 0 Å². The fourth-order valence-electron chi connectivity index (χ4n) is 3.01. The molecule has 2 unspecified atom stereocenters. The number of benzene rings is 1. The predicted molar refractivity (Wildman–Crippen MR) is 102 cm³/mol.